The molecule has 2 aliphatic rings. The Balaban J connectivity index is 1.41. The highest BCUT2D eigenvalue weighted by Gasteiger charge is 2.41. The largest absolute Gasteiger partial charge is 0.337 e. The van der Waals surface area contributed by atoms with Crippen LogP contribution in [-0.4, -0.2) is 52.6 Å². The fourth-order valence-corrected chi connectivity index (χ4v) is 4.91. The normalized spacial score (nSPS) is 24.6. The first-order chi connectivity index (χ1) is 12.1. The van der Waals surface area contributed by atoms with Gasteiger partial charge in [0.15, 0.2) is 0 Å². The van der Waals surface area contributed by atoms with Crippen LogP contribution in [-0.2, 0) is 13.6 Å². The third-order valence-electron chi connectivity index (χ3n) is 6.29. The van der Waals surface area contributed by atoms with E-state index in [0.29, 0.717) is 11.3 Å². The third-order valence-corrected chi connectivity index (χ3v) is 6.29. The minimum absolute atomic E-state index is 0.492. The van der Waals surface area contributed by atoms with Crippen LogP contribution in [0.2, 0.25) is 0 Å². The molecule has 0 saturated carbocycles. The lowest BCUT2D eigenvalue weighted by atomic mass is 9.68. The van der Waals surface area contributed by atoms with Gasteiger partial charge in [-0.05, 0) is 56.3 Å². The smallest absolute Gasteiger partial charge is 0.122 e. The van der Waals surface area contributed by atoms with Gasteiger partial charge in [0, 0.05) is 32.5 Å². The molecular weight excluding hydrogens is 308 g/mol. The van der Waals surface area contributed by atoms with Gasteiger partial charge in [-0.1, -0.05) is 30.3 Å². The van der Waals surface area contributed by atoms with E-state index < -0.39 is 0 Å². The first-order valence-electron chi connectivity index (χ1n) is 9.56. The van der Waals surface area contributed by atoms with Crippen LogP contribution in [0.3, 0.4) is 0 Å². The van der Waals surface area contributed by atoms with Crippen molar-refractivity contribution in [1.82, 2.24) is 19.4 Å². The molecule has 0 bridgehead atoms. The van der Waals surface area contributed by atoms with Gasteiger partial charge in [0.05, 0.1) is 6.54 Å². The lowest BCUT2D eigenvalue weighted by Gasteiger charge is -2.49. The Hall–Kier alpha value is -1.65. The number of hydrogen-bond acceptors (Lipinski definition) is 3. The van der Waals surface area contributed by atoms with Crippen molar-refractivity contribution in [3.8, 4) is 0 Å². The molecule has 2 fully saturated rings. The van der Waals surface area contributed by atoms with E-state index in [2.05, 4.69) is 63.8 Å². The maximum Gasteiger partial charge on any atom is 0.122 e. The Kier molecular flexibility index (Phi) is 4.65. The summed E-state index contributed by atoms with van der Waals surface area (Å²) in [5.74, 6) is 1.86. The van der Waals surface area contributed by atoms with Gasteiger partial charge in [0.2, 0.25) is 0 Å². The fourth-order valence-electron chi connectivity index (χ4n) is 4.91. The number of aromatic nitrogens is 2. The molecule has 3 heterocycles. The van der Waals surface area contributed by atoms with E-state index in [1.165, 1.54) is 56.8 Å². The summed E-state index contributed by atoms with van der Waals surface area (Å²) in [6, 6.07) is 11.1. The standard InChI is InChI=1S/C21H30N4/c1-23-15-19(18-6-4-3-5-7-18)14-21(17-23)8-11-25(12-9-21)16-20-22-10-13-24(20)2/h3-7,10,13,19H,8-9,11-12,14-17H2,1-2H3/t19-/m1/s1. The minimum Gasteiger partial charge on any atom is -0.337 e. The van der Waals surface area contributed by atoms with Crippen molar-refractivity contribution in [2.75, 3.05) is 33.2 Å². The maximum absolute atomic E-state index is 4.49. The van der Waals surface area contributed by atoms with Crippen molar-refractivity contribution in [1.29, 1.82) is 0 Å². The number of nitrogens with zero attached hydrogens (tertiary/aromatic N) is 4. The van der Waals surface area contributed by atoms with Gasteiger partial charge in [0.1, 0.15) is 5.82 Å². The molecule has 2 saturated heterocycles. The molecule has 0 aliphatic carbocycles. The zero-order valence-electron chi connectivity index (χ0n) is 15.6. The van der Waals surface area contributed by atoms with Gasteiger partial charge in [-0.2, -0.15) is 0 Å². The average molecular weight is 338 g/mol. The molecule has 4 rings (SSSR count). The predicted octanol–water partition coefficient (Wildman–Crippen LogP) is 3.12. The number of hydrogen-bond donors (Lipinski definition) is 0. The van der Waals surface area contributed by atoms with E-state index in [4.69, 9.17) is 0 Å². The van der Waals surface area contributed by atoms with Crippen LogP contribution in [0, 0.1) is 5.41 Å². The van der Waals surface area contributed by atoms with Crippen molar-refractivity contribution < 1.29 is 0 Å². The summed E-state index contributed by atoms with van der Waals surface area (Å²) in [6.45, 7) is 5.83. The van der Waals surface area contributed by atoms with Crippen LogP contribution in [0.4, 0.5) is 0 Å². The zero-order valence-corrected chi connectivity index (χ0v) is 15.6. The van der Waals surface area contributed by atoms with Crippen LogP contribution >= 0.6 is 0 Å². The van der Waals surface area contributed by atoms with Crippen LogP contribution < -0.4 is 0 Å². The van der Waals surface area contributed by atoms with Gasteiger partial charge in [-0.3, -0.25) is 4.90 Å². The number of likely N-dealkylation sites (tertiary alicyclic amines) is 2. The first-order valence-corrected chi connectivity index (χ1v) is 9.56. The summed E-state index contributed by atoms with van der Waals surface area (Å²) in [5, 5.41) is 0. The van der Waals surface area contributed by atoms with Crippen molar-refractivity contribution in [2.45, 2.75) is 31.7 Å². The second-order valence-corrected chi connectivity index (χ2v) is 8.24. The van der Waals surface area contributed by atoms with E-state index in [1.54, 1.807) is 0 Å². The molecule has 1 atom stereocenters. The van der Waals surface area contributed by atoms with E-state index in [-0.39, 0.29) is 0 Å². The number of benzene rings is 1. The van der Waals surface area contributed by atoms with Gasteiger partial charge >= 0.3 is 0 Å². The molecule has 4 nitrogen and oxygen atoms in total. The third kappa shape index (κ3) is 3.65. The van der Waals surface area contributed by atoms with Gasteiger partial charge < -0.3 is 9.47 Å². The Labute approximate surface area is 151 Å². The molecular formula is C21H30N4. The van der Waals surface area contributed by atoms with Crippen LogP contribution in [0.5, 0.6) is 0 Å². The lowest BCUT2D eigenvalue weighted by Crippen LogP contribution is -2.50. The molecule has 134 valence electrons. The molecule has 1 aromatic carbocycles. The van der Waals surface area contributed by atoms with Crippen LogP contribution in [0.1, 0.15) is 36.6 Å². The molecule has 25 heavy (non-hydrogen) atoms. The number of aryl methyl sites for hydroxylation is 1. The van der Waals surface area contributed by atoms with E-state index in [0.717, 1.165) is 6.54 Å². The summed E-state index contributed by atoms with van der Waals surface area (Å²) in [4.78, 5) is 9.64. The Morgan fingerprint density at radius 2 is 1.88 bits per heavy atom. The Morgan fingerprint density at radius 1 is 1.12 bits per heavy atom. The van der Waals surface area contributed by atoms with Gasteiger partial charge in [-0.15, -0.1) is 0 Å². The molecule has 0 amide bonds. The summed E-state index contributed by atoms with van der Waals surface area (Å²) in [5.41, 5.74) is 2.01. The van der Waals surface area contributed by atoms with Gasteiger partial charge in [-0.25, -0.2) is 4.98 Å². The highest BCUT2D eigenvalue weighted by atomic mass is 15.2. The predicted molar refractivity (Wildman–Crippen MR) is 101 cm³/mol. The second-order valence-electron chi connectivity index (χ2n) is 8.24. The second kappa shape index (κ2) is 6.93. The Morgan fingerprint density at radius 3 is 2.56 bits per heavy atom. The molecule has 2 aromatic rings. The average Bonchev–Trinajstić information content (AvgIpc) is 3.02. The maximum atomic E-state index is 4.49. The summed E-state index contributed by atoms with van der Waals surface area (Å²) in [6.07, 6.45) is 7.91. The monoisotopic (exact) mass is 338 g/mol. The summed E-state index contributed by atoms with van der Waals surface area (Å²) in [7, 11) is 4.39. The molecule has 0 radical (unpaired) electrons. The SMILES string of the molecule is CN1C[C@H](c2ccccc2)CC2(CCN(Cc3nccn3C)CC2)C1. The fraction of sp³-hybridized carbons (Fsp3) is 0.571. The van der Waals surface area contributed by atoms with Crippen molar-refractivity contribution in [3.63, 3.8) is 0 Å². The molecule has 1 spiro atoms. The van der Waals surface area contributed by atoms with E-state index in [1.807, 2.05) is 12.4 Å². The lowest BCUT2D eigenvalue weighted by molar-refractivity contribution is 0.0209. The zero-order chi connectivity index (χ0) is 17.3. The quantitative estimate of drug-likeness (QED) is 0.859. The van der Waals surface area contributed by atoms with Crippen molar-refractivity contribution in [2.24, 2.45) is 12.5 Å². The van der Waals surface area contributed by atoms with Crippen LogP contribution in [0.25, 0.3) is 0 Å². The van der Waals surface area contributed by atoms with E-state index >= 15 is 0 Å². The van der Waals surface area contributed by atoms with Crippen LogP contribution in [0.15, 0.2) is 42.7 Å². The number of likely N-dealkylation sites (N-methyl/N-ethyl adjacent to an activating group) is 1. The summed E-state index contributed by atoms with van der Waals surface area (Å²) >= 11 is 0. The van der Waals surface area contributed by atoms with Crippen molar-refractivity contribution in [3.05, 3.63) is 54.1 Å². The molecule has 1 aromatic heterocycles. The van der Waals surface area contributed by atoms with Gasteiger partial charge in [0.25, 0.3) is 0 Å². The number of piperidine rings is 2. The number of rotatable bonds is 3. The molecule has 4 heteroatoms. The topological polar surface area (TPSA) is 24.3 Å². The number of imidazole rings is 1. The molecule has 0 unspecified atom stereocenters. The molecule has 0 N–H and O–H groups in total. The highest BCUT2D eigenvalue weighted by Crippen LogP contribution is 2.44. The van der Waals surface area contributed by atoms with E-state index in [9.17, 15) is 0 Å². The minimum atomic E-state index is 0.492. The summed E-state index contributed by atoms with van der Waals surface area (Å²) < 4.78 is 2.14. The Bertz CT molecular complexity index is 685. The first kappa shape index (κ1) is 16.8. The highest BCUT2D eigenvalue weighted by molar-refractivity contribution is 5.21. The van der Waals surface area contributed by atoms with Crippen molar-refractivity contribution >= 4 is 0 Å². The molecule has 2 aliphatic heterocycles.